The van der Waals surface area contributed by atoms with Crippen LogP contribution in [0.1, 0.15) is 10.5 Å². The molecule has 1 aromatic heterocycles. The maximum Gasteiger partial charge on any atom is 0.354 e. The molecule has 0 aliphatic carbocycles. The van der Waals surface area contributed by atoms with Gasteiger partial charge >= 0.3 is 5.97 Å². The van der Waals surface area contributed by atoms with E-state index >= 15 is 0 Å². The van der Waals surface area contributed by atoms with E-state index in [9.17, 15) is 14.9 Å². The summed E-state index contributed by atoms with van der Waals surface area (Å²) in [5.41, 5.74) is -0.787. The molecule has 0 aromatic carbocycles. The van der Waals surface area contributed by atoms with Crippen molar-refractivity contribution < 1.29 is 19.6 Å². The Bertz CT molecular complexity index is 357. The second-order valence-corrected chi connectivity index (χ2v) is 2.32. The molecule has 0 aliphatic heterocycles. The van der Waals surface area contributed by atoms with Crippen LogP contribution < -0.4 is 4.74 Å². The fraction of sp³-hybridized carbons (Fsp3) is 0.143. The number of hydrogen-bond donors (Lipinski definition) is 1. The van der Waals surface area contributed by atoms with Crippen molar-refractivity contribution in [3.63, 3.8) is 0 Å². The van der Waals surface area contributed by atoms with E-state index < -0.39 is 16.6 Å². The van der Waals surface area contributed by atoms with Gasteiger partial charge in [0, 0.05) is 6.07 Å². The van der Waals surface area contributed by atoms with Crippen LogP contribution in [0.25, 0.3) is 0 Å². The molecule has 0 atom stereocenters. The molecule has 7 heteroatoms. The molecule has 14 heavy (non-hydrogen) atoms. The summed E-state index contributed by atoms with van der Waals surface area (Å²) in [7, 11) is 1.25. The Kier molecular flexibility index (Phi) is 2.61. The summed E-state index contributed by atoms with van der Waals surface area (Å²) >= 11 is 0. The van der Waals surface area contributed by atoms with Crippen molar-refractivity contribution in [2.75, 3.05) is 7.11 Å². The smallest absolute Gasteiger partial charge is 0.354 e. The lowest BCUT2D eigenvalue weighted by Crippen LogP contribution is -2.03. The molecule has 74 valence electrons. The standard InChI is InChI=1S/C7H6N2O5/c1-14-6-3-4(9(12)13)2-5(8-6)7(10)11/h2-3H,1H3,(H,10,11). The third-order valence-corrected chi connectivity index (χ3v) is 1.43. The summed E-state index contributed by atoms with van der Waals surface area (Å²) in [6, 6.07) is 1.91. The Hall–Kier alpha value is -2.18. The summed E-state index contributed by atoms with van der Waals surface area (Å²) in [6.45, 7) is 0. The van der Waals surface area contributed by atoms with Crippen molar-refractivity contribution in [3.05, 3.63) is 27.9 Å². The van der Waals surface area contributed by atoms with Gasteiger partial charge in [-0.3, -0.25) is 10.1 Å². The third-order valence-electron chi connectivity index (χ3n) is 1.43. The zero-order valence-electron chi connectivity index (χ0n) is 7.13. The molecule has 1 aromatic rings. The minimum atomic E-state index is -1.34. The van der Waals surface area contributed by atoms with Crippen LogP contribution in [0.4, 0.5) is 5.69 Å². The number of carbonyl (C=O) groups is 1. The van der Waals surface area contributed by atoms with E-state index in [1.54, 1.807) is 0 Å². The van der Waals surface area contributed by atoms with E-state index in [4.69, 9.17) is 5.11 Å². The fourth-order valence-electron chi connectivity index (χ4n) is 0.811. The van der Waals surface area contributed by atoms with Crippen molar-refractivity contribution in [1.82, 2.24) is 4.98 Å². The first-order chi connectivity index (χ1) is 6.54. The van der Waals surface area contributed by atoms with E-state index in [0.717, 1.165) is 12.1 Å². The lowest BCUT2D eigenvalue weighted by atomic mass is 10.3. The van der Waals surface area contributed by atoms with Gasteiger partial charge in [0.15, 0.2) is 5.69 Å². The molecular formula is C7H6N2O5. The number of methoxy groups -OCH3 is 1. The summed E-state index contributed by atoms with van der Waals surface area (Å²) in [5.74, 6) is -1.44. The number of nitrogens with zero attached hydrogens (tertiary/aromatic N) is 2. The van der Waals surface area contributed by atoms with Crippen LogP contribution in [0.5, 0.6) is 5.88 Å². The highest BCUT2D eigenvalue weighted by Gasteiger charge is 2.15. The monoisotopic (exact) mass is 198 g/mol. The van der Waals surface area contributed by atoms with Crippen LogP contribution >= 0.6 is 0 Å². The highest BCUT2D eigenvalue weighted by atomic mass is 16.6. The number of ether oxygens (including phenoxy) is 1. The van der Waals surface area contributed by atoms with Gasteiger partial charge in [-0.2, -0.15) is 0 Å². The number of nitro groups is 1. The number of pyridine rings is 1. The van der Waals surface area contributed by atoms with Gasteiger partial charge in [0.05, 0.1) is 18.1 Å². The van der Waals surface area contributed by atoms with Crippen LogP contribution in [-0.4, -0.2) is 28.1 Å². The highest BCUT2D eigenvalue weighted by Crippen LogP contribution is 2.18. The van der Waals surface area contributed by atoms with Crippen molar-refractivity contribution in [1.29, 1.82) is 0 Å². The molecule has 0 bridgehead atoms. The van der Waals surface area contributed by atoms with Gasteiger partial charge in [0.25, 0.3) is 5.69 Å². The fourth-order valence-corrected chi connectivity index (χ4v) is 0.811. The first-order valence-electron chi connectivity index (χ1n) is 3.48. The first-order valence-corrected chi connectivity index (χ1v) is 3.48. The number of carboxylic acid groups (broad SMARTS) is 1. The summed E-state index contributed by atoms with van der Waals surface area (Å²) in [6.07, 6.45) is 0. The average Bonchev–Trinajstić information content (AvgIpc) is 2.16. The van der Waals surface area contributed by atoms with Crippen LogP contribution in [0, 0.1) is 10.1 Å². The van der Waals surface area contributed by atoms with E-state index in [-0.39, 0.29) is 11.6 Å². The van der Waals surface area contributed by atoms with Gasteiger partial charge in [-0.05, 0) is 0 Å². The third kappa shape index (κ3) is 1.94. The van der Waals surface area contributed by atoms with Gasteiger partial charge in [-0.1, -0.05) is 0 Å². The van der Waals surface area contributed by atoms with Gasteiger partial charge in [-0.15, -0.1) is 0 Å². The van der Waals surface area contributed by atoms with Crippen molar-refractivity contribution in [2.45, 2.75) is 0 Å². The van der Waals surface area contributed by atoms with Crippen molar-refractivity contribution >= 4 is 11.7 Å². The van der Waals surface area contributed by atoms with Gasteiger partial charge in [0.1, 0.15) is 0 Å². The Morgan fingerprint density at radius 2 is 2.29 bits per heavy atom. The highest BCUT2D eigenvalue weighted by molar-refractivity contribution is 5.86. The van der Waals surface area contributed by atoms with Crippen LogP contribution in [0.3, 0.4) is 0 Å². The van der Waals surface area contributed by atoms with E-state index in [0.29, 0.717) is 0 Å². The summed E-state index contributed by atoms with van der Waals surface area (Å²) in [5, 5.41) is 18.9. The van der Waals surface area contributed by atoms with Gasteiger partial charge < -0.3 is 9.84 Å². The van der Waals surface area contributed by atoms with E-state index in [1.165, 1.54) is 7.11 Å². The maximum atomic E-state index is 10.5. The molecule has 1 heterocycles. The SMILES string of the molecule is COc1cc([N+](=O)[O-])cc(C(=O)O)n1. The second kappa shape index (κ2) is 3.69. The molecular weight excluding hydrogens is 192 g/mol. The zero-order valence-corrected chi connectivity index (χ0v) is 7.13. The van der Waals surface area contributed by atoms with Crippen LogP contribution in [0.2, 0.25) is 0 Å². The van der Waals surface area contributed by atoms with Crippen molar-refractivity contribution in [2.24, 2.45) is 0 Å². The van der Waals surface area contributed by atoms with Gasteiger partial charge in [-0.25, -0.2) is 9.78 Å². The van der Waals surface area contributed by atoms with Crippen LogP contribution in [-0.2, 0) is 0 Å². The minimum absolute atomic E-state index is 0.100. The molecule has 1 N–H and O–H groups in total. The van der Waals surface area contributed by atoms with Crippen molar-refractivity contribution in [3.8, 4) is 5.88 Å². The summed E-state index contributed by atoms with van der Waals surface area (Å²) in [4.78, 5) is 23.7. The lowest BCUT2D eigenvalue weighted by molar-refractivity contribution is -0.385. The average molecular weight is 198 g/mol. The Labute approximate surface area is 78.1 Å². The molecule has 0 saturated heterocycles. The minimum Gasteiger partial charge on any atom is -0.481 e. The number of aromatic nitrogens is 1. The largest absolute Gasteiger partial charge is 0.481 e. The first kappa shape index (κ1) is 9.90. The number of carboxylic acids is 1. The molecule has 0 fully saturated rings. The predicted octanol–water partition coefficient (Wildman–Crippen LogP) is 0.697. The quantitative estimate of drug-likeness (QED) is 0.566. The molecule has 0 amide bonds. The Morgan fingerprint density at radius 1 is 1.64 bits per heavy atom. The molecule has 0 saturated carbocycles. The number of hydrogen-bond acceptors (Lipinski definition) is 5. The molecule has 7 nitrogen and oxygen atoms in total. The topological polar surface area (TPSA) is 103 Å². The molecule has 0 spiro atoms. The Balaban J connectivity index is 3.27. The Morgan fingerprint density at radius 3 is 2.71 bits per heavy atom. The molecule has 0 radical (unpaired) electrons. The normalized spacial score (nSPS) is 9.50. The maximum absolute atomic E-state index is 10.5. The molecule has 0 unspecified atom stereocenters. The number of rotatable bonds is 3. The van der Waals surface area contributed by atoms with Gasteiger partial charge in [0.2, 0.25) is 5.88 Å². The zero-order chi connectivity index (χ0) is 10.7. The van der Waals surface area contributed by atoms with E-state index in [1.807, 2.05) is 0 Å². The second-order valence-electron chi connectivity index (χ2n) is 2.32. The summed E-state index contributed by atoms with van der Waals surface area (Å²) < 4.78 is 4.62. The predicted molar refractivity (Wildman–Crippen MR) is 44.4 cm³/mol. The van der Waals surface area contributed by atoms with Crippen LogP contribution in [0.15, 0.2) is 12.1 Å². The molecule has 1 rings (SSSR count). The molecule has 0 aliphatic rings. The number of aromatic carboxylic acids is 1. The van der Waals surface area contributed by atoms with E-state index in [2.05, 4.69) is 9.72 Å². The lowest BCUT2D eigenvalue weighted by Gasteiger charge is -1.99.